The molecule has 0 aliphatic heterocycles. The Kier molecular flexibility index (Phi) is 4.65. The van der Waals surface area contributed by atoms with Crippen LogP contribution in [-0.2, 0) is 14.8 Å². The predicted octanol–water partition coefficient (Wildman–Crippen LogP) is 1.75. The van der Waals surface area contributed by atoms with Crippen LogP contribution in [0.1, 0.15) is 26.7 Å². The van der Waals surface area contributed by atoms with E-state index < -0.39 is 27.3 Å². The summed E-state index contributed by atoms with van der Waals surface area (Å²) in [6, 6.07) is 4.64. The van der Waals surface area contributed by atoms with Crippen LogP contribution in [0.5, 0.6) is 0 Å². The van der Waals surface area contributed by atoms with Crippen LogP contribution >= 0.6 is 0 Å². The van der Waals surface area contributed by atoms with Crippen molar-refractivity contribution in [3.05, 3.63) is 30.1 Å². The van der Waals surface area contributed by atoms with E-state index in [1.165, 1.54) is 12.1 Å². The Morgan fingerprint density at radius 3 is 2.58 bits per heavy atom. The first kappa shape index (κ1) is 15.6. The molecule has 5 nitrogen and oxygen atoms in total. The molecule has 0 aromatic heterocycles. The number of aliphatic carboxylic acids is 1. The molecule has 106 valence electrons. The van der Waals surface area contributed by atoms with E-state index >= 15 is 0 Å². The third-order valence-electron chi connectivity index (χ3n) is 2.48. The molecule has 1 aromatic rings. The smallest absolute Gasteiger partial charge is 0.303 e. The van der Waals surface area contributed by atoms with Crippen molar-refractivity contribution < 1.29 is 22.7 Å². The van der Waals surface area contributed by atoms with Crippen LogP contribution in [0.15, 0.2) is 29.2 Å². The number of nitrogens with one attached hydrogen (secondary N) is 1. The maximum Gasteiger partial charge on any atom is 0.303 e. The van der Waals surface area contributed by atoms with Crippen LogP contribution < -0.4 is 4.72 Å². The molecule has 0 saturated heterocycles. The van der Waals surface area contributed by atoms with Gasteiger partial charge in [0.15, 0.2) is 0 Å². The van der Waals surface area contributed by atoms with Gasteiger partial charge >= 0.3 is 5.97 Å². The van der Waals surface area contributed by atoms with Gasteiger partial charge in [-0.3, -0.25) is 4.79 Å². The standard InChI is InChI=1S/C12H16FNO4S/c1-12(2,7-6-11(15)16)14-19(17,18)10-5-3-4-9(13)8-10/h3-5,8,14H,6-7H2,1-2H3,(H,15,16). The monoisotopic (exact) mass is 289 g/mol. The summed E-state index contributed by atoms with van der Waals surface area (Å²) in [5.74, 6) is -1.65. The molecule has 0 aliphatic carbocycles. The predicted molar refractivity (Wildman–Crippen MR) is 67.7 cm³/mol. The maximum absolute atomic E-state index is 13.0. The summed E-state index contributed by atoms with van der Waals surface area (Å²) in [6.45, 7) is 3.15. The van der Waals surface area contributed by atoms with Gasteiger partial charge in [0.05, 0.1) is 4.90 Å². The average molecular weight is 289 g/mol. The molecule has 19 heavy (non-hydrogen) atoms. The molecular formula is C12H16FNO4S. The number of rotatable bonds is 6. The minimum absolute atomic E-state index is 0.136. The Morgan fingerprint density at radius 1 is 1.42 bits per heavy atom. The molecule has 0 atom stereocenters. The van der Waals surface area contributed by atoms with Crippen molar-refractivity contribution in [3.8, 4) is 0 Å². The Hall–Kier alpha value is -1.47. The number of hydrogen-bond donors (Lipinski definition) is 2. The van der Waals surface area contributed by atoms with E-state index in [-0.39, 0.29) is 17.7 Å². The topological polar surface area (TPSA) is 83.5 Å². The highest BCUT2D eigenvalue weighted by Crippen LogP contribution is 2.17. The SMILES string of the molecule is CC(C)(CCC(=O)O)NS(=O)(=O)c1cccc(F)c1. The van der Waals surface area contributed by atoms with E-state index in [9.17, 15) is 17.6 Å². The molecule has 0 spiro atoms. The normalized spacial score (nSPS) is 12.4. The van der Waals surface area contributed by atoms with Gasteiger partial charge in [0.2, 0.25) is 10.0 Å². The summed E-state index contributed by atoms with van der Waals surface area (Å²) in [5.41, 5.74) is -0.927. The fraction of sp³-hybridized carbons (Fsp3) is 0.417. The molecule has 0 bridgehead atoms. The summed E-state index contributed by atoms with van der Waals surface area (Å²) >= 11 is 0. The highest BCUT2D eigenvalue weighted by atomic mass is 32.2. The van der Waals surface area contributed by atoms with Crippen molar-refractivity contribution in [2.24, 2.45) is 0 Å². The number of carboxylic acids is 1. The molecule has 7 heteroatoms. The van der Waals surface area contributed by atoms with Gasteiger partial charge in [-0.05, 0) is 38.5 Å². The Bertz CT molecular complexity index is 569. The number of benzene rings is 1. The second kappa shape index (κ2) is 5.66. The van der Waals surface area contributed by atoms with E-state index in [0.717, 1.165) is 12.1 Å². The van der Waals surface area contributed by atoms with Gasteiger partial charge in [-0.2, -0.15) is 0 Å². The van der Waals surface area contributed by atoms with E-state index in [0.29, 0.717) is 0 Å². The van der Waals surface area contributed by atoms with Crippen molar-refractivity contribution >= 4 is 16.0 Å². The third kappa shape index (κ3) is 4.96. The Morgan fingerprint density at radius 2 is 2.05 bits per heavy atom. The lowest BCUT2D eigenvalue weighted by molar-refractivity contribution is -0.137. The van der Waals surface area contributed by atoms with Crippen LogP contribution in [0.3, 0.4) is 0 Å². The molecule has 0 unspecified atom stereocenters. The minimum atomic E-state index is -3.87. The van der Waals surface area contributed by atoms with E-state index in [2.05, 4.69) is 4.72 Å². The summed E-state index contributed by atoms with van der Waals surface area (Å²) in [4.78, 5) is 10.3. The lowest BCUT2D eigenvalue weighted by atomic mass is 10.0. The number of sulfonamides is 1. The van der Waals surface area contributed by atoms with Crippen molar-refractivity contribution in [1.29, 1.82) is 0 Å². The lowest BCUT2D eigenvalue weighted by Gasteiger charge is -2.25. The van der Waals surface area contributed by atoms with Gasteiger partial charge in [-0.15, -0.1) is 0 Å². The summed E-state index contributed by atoms with van der Waals surface area (Å²) in [5, 5.41) is 8.60. The van der Waals surface area contributed by atoms with Gasteiger partial charge in [0.25, 0.3) is 0 Å². The maximum atomic E-state index is 13.0. The largest absolute Gasteiger partial charge is 0.481 e. The highest BCUT2D eigenvalue weighted by Gasteiger charge is 2.26. The second-order valence-corrected chi connectivity index (χ2v) is 6.52. The van der Waals surface area contributed by atoms with E-state index in [1.54, 1.807) is 13.8 Å². The van der Waals surface area contributed by atoms with E-state index in [4.69, 9.17) is 5.11 Å². The molecule has 0 heterocycles. The molecule has 1 aromatic carbocycles. The summed E-state index contributed by atoms with van der Waals surface area (Å²) in [7, 11) is -3.87. The second-order valence-electron chi connectivity index (χ2n) is 4.84. The van der Waals surface area contributed by atoms with Crippen molar-refractivity contribution in [2.75, 3.05) is 0 Å². The average Bonchev–Trinajstić information content (AvgIpc) is 2.25. The van der Waals surface area contributed by atoms with Crippen LogP contribution in [0, 0.1) is 5.82 Å². The van der Waals surface area contributed by atoms with Crippen LogP contribution in [0.2, 0.25) is 0 Å². The molecule has 0 aliphatic rings. The first-order chi connectivity index (χ1) is 8.62. The number of halogens is 1. The molecule has 2 N–H and O–H groups in total. The van der Waals surface area contributed by atoms with Crippen molar-refractivity contribution in [3.63, 3.8) is 0 Å². The van der Waals surface area contributed by atoms with Gasteiger partial charge < -0.3 is 5.11 Å². The van der Waals surface area contributed by atoms with Crippen molar-refractivity contribution in [2.45, 2.75) is 37.1 Å². The van der Waals surface area contributed by atoms with Crippen LogP contribution in [0.4, 0.5) is 4.39 Å². The number of carboxylic acid groups (broad SMARTS) is 1. The zero-order chi connectivity index (χ0) is 14.7. The quantitative estimate of drug-likeness (QED) is 0.835. The Labute approximate surface area is 111 Å². The zero-order valence-electron chi connectivity index (χ0n) is 10.7. The number of hydrogen-bond acceptors (Lipinski definition) is 3. The molecule has 0 amide bonds. The molecular weight excluding hydrogens is 273 g/mol. The lowest BCUT2D eigenvalue weighted by Crippen LogP contribution is -2.43. The molecule has 0 fully saturated rings. The summed E-state index contributed by atoms with van der Waals surface area (Å²) in [6.07, 6.45) is -0.0183. The third-order valence-corrected chi connectivity index (χ3v) is 4.18. The van der Waals surface area contributed by atoms with Gasteiger partial charge in [0.1, 0.15) is 5.82 Å². The Balaban J connectivity index is 2.87. The minimum Gasteiger partial charge on any atom is -0.481 e. The van der Waals surface area contributed by atoms with Gasteiger partial charge in [-0.1, -0.05) is 6.07 Å². The van der Waals surface area contributed by atoms with Crippen LogP contribution in [0.25, 0.3) is 0 Å². The molecule has 1 rings (SSSR count). The molecule has 0 saturated carbocycles. The molecule has 0 radical (unpaired) electrons. The highest BCUT2D eigenvalue weighted by molar-refractivity contribution is 7.89. The first-order valence-electron chi connectivity index (χ1n) is 5.64. The fourth-order valence-electron chi connectivity index (χ4n) is 1.53. The van der Waals surface area contributed by atoms with Crippen LogP contribution in [-0.4, -0.2) is 25.0 Å². The summed E-state index contributed by atoms with van der Waals surface area (Å²) < 4.78 is 39.4. The van der Waals surface area contributed by atoms with E-state index in [1.807, 2.05) is 0 Å². The fourth-order valence-corrected chi connectivity index (χ4v) is 3.00. The van der Waals surface area contributed by atoms with Gasteiger partial charge in [-0.25, -0.2) is 17.5 Å². The first-order valence-corrected chi connectivity index (χ1v) is 7.12. The number of carbonyl (C=O) groups is 1. The van der Waals surface area contributed by atoms with Gasteiger partial charge in [0, 0.05) is 12.0 Å². The van der Waals surface area contributed by atoms with Crippen molar-refractivity contribution in [1.82, 2.24) is 4.72 Å². The zero-order valence-corrected chi connectivity index (χ0v) is 11.5.